The normalized spacial score (nSPS) is 11.5. The van der Waals surface area contributed by atoms with Gasteiger partial charge in [-0.1, -0.05) is 54.6 Å². The van der Waals surface area contributed by atoms with Gasteiger partial charge in [-0.25, -0.2) is 0 Å². The standard InChI is InChI=1S/C25H23N5O3/c1-17(31)20-10-8-19(9-11-20)14-30-15-21(12-7-18-5-3-2-4-6-18)22(16-30)23(32)13-24(33)25-26-28-29-27-25/h2-6,8-11,13,15-16,33H,7,12,14H2,1H3,(H,26,27,28,29). The number of aromatic nitrogens is 5. The van der Waals surface area contributed by atoms with Crippen LogP contribution in [0.5, 0.6) is 0 Å². The first-order chi connectivity index (χ1) is 16.0. The van der Waals surface area contributed by atoms with Crippen LogP contribution in [0.1, 0.15) is 50.2 Å². The molecule has 0 bridgehead atoms. The van der Waals surface area contributed by atoms with E-state index in [1.807, 2.05) is 41.1 Å². The molecule has 0 radical (unpaired) electrons. The molecule has 166 valence electrons. The number of carbonyl (C=O) groups is 2. The summed E-state index contributed by atoms with van der Waals surface area (Å²) in [4.78, 5) is 24.5. The van der Waals surface area contributed by atoms with Crippen molar-refractivity contribution in [1.29, 1.82) is 0 Å². The summed E-state index contributed by atoms with van der Waals surface area (Å²) in [6.45, 7) is 2.08. The number of aliphatic hydroxyl groups is 1. The van der Waals surface area contributed by atoms with E-state index in [4.69, 9.17) is 0 Å². The predicted octanol–water partition coefficient (Wildman–Crippen LogP) is 3.82. The second-order valence-electron chi connectivity index (χ2n) is 7.74. The van der Waals surface area contributed by atoms with Crippen LogP contribution < -0.4 is 0 Å². The lowest BCUT2D eigenvalue weighted by Crippen LogP contribution is -2.01. The number of hydrogen-bond donors (Lipinski definition) is 2. The van der Waals surface area contributed by atoms with E-state index in [1.54, 1.807) is 18.3 Å². The van der Waals surface area contributed by atoms with Crippen LogP contribution in [0.3, 0.4) is 0 Å². The maximum Gasteiger partial charge on any atom is 0.239 e. The molecule has 0 aliphatic carbocycles. The van der Waals surface area contributed by atoms with Gasteiger partial charge in [-0.3, -0.25) is 9.59 Å². The molecule has 8 heteroatoms. The number of carbonyl (C=O) groups excluding carboxylic acids is 2. The van der Waals surface area contributed by atoms with Crippen molar-refractivity contribution in [3.8, 4) is 0 Å². The Morgan fingerprint density at radius 1 is 1.00 bits per heavy atom. The Bertz CT molecular complexity index is 1270. The van der Waals surface area contributed by atoms with E-state index in [0.717, 1.165) is 23.6 Å². The van der Waals surface area contributed by atoms with E-state index in [1.165, 1.54) is 12.5 Å². The fourth-order valence-electron chi connectivity index (χ4n) is 3.58. The lowest BCUT2D eigenvalue weighted by atomic mass is 10.0. The van der Waals surface area contributed by atoms with Gasteiger partial charge in [0, 0.05) is 36.1 Å². The molecule has 0 aliphatic rings. The highest BCUT2D eigenvalue weighted by Crippen LogP contribution is 2.19. The Hall–Kier alpha value is -4.33. The van der Waals surface area contributed by atoms with Gasteiger partial charge < -0.3 is 9.67 Å². The van der Waals surface area contributed by atoms with Crippen molar-refractivity contribution in [2.75, 3.05) is 0 Å². The van der Waals surface area contributed by atoms with Crippen molar-refractivity contribution in [2.45, 2.75) is 26.3 Å². The van der Waals surface area contributed by atoms with Crippen LogP contribution >= 0.6 is 0 Å². The zero-order valence-corrected chi connectivity index (χ0v) is 18.1. The quantitative estimate of drug-likeness (QED) is 0.232. The highest BCUT2D eigenvalue weighted by Gasteiger charge is 2.16. The number of Topliss-reactive ketones (excluding diaryl/α,β-unsaturated/α-hetero) is 1. The van der Waals surface area contributed by atoms with Crippen molar-refractivity contribution in [2.24, 2.45) is 0 Å². The summed E-state index contributed by atoms with van der Waals surface area (Å²) in [5, 5.41) is 23.2. The van der Waals surface area contributed by atoms with Crippen LogP contribution in [0.4, 0.5) is 0 Å². The van der Waals surface area contributed by atoms with Gasteiger partial charge in [0.2, 0.25) is 5.82 Å². The van der Waals surface area contributed by atoms with Crippen molar-refractivity contribution >= 4 is 17.3 Å². The number of nitrogens with zero attached hydrogens (tertiary/aromatic N) is 4. The molecule has 0 spiro atoms. The fraction of sp³-hybridized carbons (Fsp3) is 0.160. The number of nitrogens with one attached hydrogen (secondary N) is 1. The third-order valence-electron chi connectivity index (χ3n) is 5.32. The summed E-state index contributed by atoms with van der Waals surface area (Å²) in [7, 11) is 0. The molecule has 0 amide bonds. The fourth-order valence-corrected chi connectivity index (χ4v) is 3.58. The molecule has 2 aromatic heterocycles. The number of rotatable bonds is 9. The molecule has 0 atom stereocenters. The van der Waals surface area contributed by atoms with E-state index in [2.05, 4.69) is 32.8 Å². The molecule has 2 heterocycles. The van der Waals surface area contributed by atoms with Gasteiger partial charge in [-0.15, -0.1) is 10.2 Å². The van der Waals surface area contributed by atoms with Crippen molar-refractivity contribution in [3.05, 3.63) is 107 Å². The summed E-state index contributed by atoms with van der Waals surface area (Å²) in [5.74, 6) is -0.715. The summed E-state index contributed by atoms with van der Waals surface area (Å²) >= 11 is 0. The van der Waals surface area contributed by atoms with E-state index in [9.17, 15) is 14.7 Å². The number of allylic oxidation sites excluding steroid dienone is 1. The lowest BCUT2D eigenvalue weighted by Gasteiger charge is -2.04. The van der Waals surface area contributed by atoms with Gasteiger partial charge in [0.1, 0.15) is 0 Å². The molecule has 0 aliphatic heterocycles. The molecule has 8 nitrogen and oxygen atoms in total. The molecule has 33 heavy (non-hydrogen) atoms. The van der Waals surface area contributed by atoms with Crippen LogP contribution in [0.25, 0.3) is 5.76 Å². The molecular formula is C25H23N5O3. The SMILES string of the molecule is CC(=O)c1ccc(Cn2cc(CCc3ccccc3)c(C(=O)C=C(O)c3nn[nH]n3)c2)cc1. The molecule has 2 N–H and O–H groups in total. The topological polar surface area (TPSA) is 114 Å². The van der Waals surface area contributed by atoms with Gasteiger partial charge in [0.25, 0.3) is 0 Å². The Balaban J connectivity index is 1.59. The molecule has 0 fully saturated rings. The Labute approximate surface area is 190 Å². The van der Waals surface area contributed by atoms with Crippen molar-refractivity contribution in [3.63, 3.8) is 0 Å². The number of H-pyrrole nitrogens is 1. The van der Waals surface area contributed by atoms with E-state index in [-0.39, 0.29) is 23.2 Å². The average molecular weight is 441 g/mol. The minimum atomic E-state index is -0.352. The first-order valence-electron chi connectivity index (χ1n) is 10.5. The molecule has 4 rings (SSSR count). The summed E-state index contributed by atoms with van der Waals surface area (Å²) in [6, 6.07) is 17.5. The second kappa shape index (κ2) is 9.86. The second-order valence-corrected chi connectivity index (χ2v) is 7.74. The van der Waals surface area contributed by atoms with Crippen LogP contribution in [0.2, 0.25) is 0 Å². The van der Waals surface area contributed by atoms with Crippen LogP contribution in [-0.2, 0) is 19.4 Å². The largest absolute Gasteiger partial charge is 0.504 e. The van der Waals surface area contributed by atoms with Gasteiger partial charge in [-0.05, 0) is 41.7 Å². The van der Waals surface area contributed by atoms with Gasteiger partial charge in [0.15, 0.2) is 17.3 Å². The highest BCUT2D eigenvalue weighted by molar-refractivity contribution is 6.08. The van der Waals surface area contributed by atoms with Crippen LogP contribution in [0, 0.1) is 0 Å². The van der Waals surface area contributed by atoms with Crippen LogP contribution in [-0.4, -0.2) is 41.9 Å². The number of ketones is 2. The molecule has 0 saturated heterocycles. The first-order valence-corrected chi connectivity index (χ1v) is 10.5. The molecule has 0 unspecified atom stereocenters. The minimum Gasteiger partial charge on any atom is -0.504 e. The zero-order valence-electron chi connectivity index (χ0n) is 18.1. The zero-order chi connectivity index (χ0) is 23.2. The molecule has 2 aromatic carbocycles. The Morgan fingerprint density at radius 3 is 2.42 bits per heavy atom. The molecule has 4 aromatic rings. The van der Waals surface area contributed by atoms with Crippen LogP contribution in [0.15, 0.2) is 73.1 Å². The molecular weight excluding hydrogens is 418 g/mol. The minimum absolute atomic E-state index is 0.0202. The third kappa shape index (κ3) is 5.48. The monoisotopic (exact) mass is 441 g/mol. The predicted molar refractivity (Wildman–Crippen MR) is 123 cm³/mol. The number of aryl methyl sites for hydroxylation is 2. The number of hydrogen-bond acceptors (Lipinski definition) is 6. The third-order valence-corrected chi connectivity index (χ3v) is 5.32. The van der Waals surface area contributed by atoms with Crippen molar-refractivity contribution in [1.82, 2.24) is 25.2 Å². The molecule has 0 saturated carbocycles. The average Bonchev–Trinajstić information content (AvgIpc) is 3.49. The number of benzene rings is 2. The van der Waals surface area contributed by atoms with E-state index in [0.29, 0.717) is 24.1 Å². The number of tetrazole rings is 1. The smallest absolute Gasteiger partial charge is 0.239 e. The van der Waals surface area contributed by atoms with Gasteiger partial charge in [0.05, 0.1) is 0 Å². The lowest BCUT2D eigenvalue weighted by molar-refractivity contribution is 0.101. The van der Waals surface area contributed by atoms with E-state index >= 15 is 0 Å². The number of aromatic amines is 1. The summed E-state index contributed by atoms with van der Waals surface area (Å²) in [5.41, 5.74) is 4.22. The Kier molecular flexibility index (Phi) is 6.54. The van der Waals surface area contributed by atoms with E-state index < -0.39 is 0 Å². The first kappa shape index (κ1) is 21.9. The number of aliphatic hydroxyl groups excluding tert-OH is 1. The van der Waals surface area contributed by atoms with Gasteiger partial charge >= 0.3 is 0 Å². The van der Waals surface area contributed by atoms with Gasteiger partial charge in [-0.2, -0.15) is 5.21 Å². The van der Waals surface area contributed by atoms with Crippen molar-refractivity contribution < 1.29 is 14.7 Å². The summed E-state index contributed by atoms with van der Waals surface area (Å²) in [6.07, 6.45) is 6.28. The Morgan fingerprint density at radius 2 is 1.76 bits per heavy atom. The highest BCUT2D eigenvalue weighted by atomic mass is 16.3. The maximum atomic E-state index is 13.0. The summed E-state index contributed by atoms with van der Waals surface area (Å²) < 4.78 is 1.94. The maximum absolute atomic E-state index is 13.0.